The molecule has 0 aromatic heterocycles. The number of amides is 2. The van der Waals surface area contributed by atoms with E-state index in [1.807, 2.05) is 0 Å². The maximum Gasteiger partial charge on any atom is 0.256 e. The van der Waals surface area contributed by atoms with Gasteiger partial charge in [-0.05, 0) is 43.9 Å². The Morgan fingerprint density at radius 3 is 2.67 bits per heavy atom. The molecule has 2 fully saturated rings. The molecule has 1 saturated carbocycles. The van der Waals surface area contributed by atoms with Gasteiger partial charge in [0.25, 0.3) is 5.91 Å². The van der Waals surface area contributed by atoms with Crippen molar-refractivity contribution in [1.29, 1.82) is 0 Å². The highest BCUT2D eigenvalue weighted by Gasteiger charge is 2.52. The van der Waals surface area contributed by atoms with Crippen molar-refractivity contribution in [2.24, 2.45) is 0 Å². The van der Waals surface area contributed by atoms with Crippen LogP contribution in [-0.2, 0) is 14.3 Å². The predicted octanol–water partition coefficient (Wildman–Crippen LogP) is 3.26. The normalized spacial score (nSPS) is 21.4. The van der Waals surface area contributed by atoms with E-state index in [1.165, 1.54) is 0 Å². The quantitative estimate of drug-likeness (QED) is 0.750. The van der Waals surface area contributed by atoms with Crippen LogP contribution in [0.5, 0.6) is 0 Å². The number of hydrogen-bond acceptors (Lipinski definition) is 4. The largest absolute Gasteiger partial charge is 0.383 e. The lowest BCUT2D eigenvalue weighted by atomic mass is 9.89. The van der Waals surface area contributed by atoms with Crippen LogP contribution in [0, 0.1) is 0 Å². The monoisotopic (exact) mass is 414 g/mol. The maximum absolute atomic E-state index is 13.4. The molecule has 6 nitrogen and oxygen atoms in total. The van der Waals surface area contributed by atoms with Gasteiger partial charge in [-0.1, -0.05) is 29.6 Å². The minimum Gasteiger partial charge on any atom is -0.383 e. The van der Waals surface area contributed by atoms with Gasteiger partial charge in [-0.3, -0.25) is 14.5 Å². The van der Waals surface area contributed by atoms with E-state index in [4.69, 9.17) is 32.7 Å². The second-order valence-electron chi connectivity index (χ2n) is 6.92. The number of carbonyl (C=O) groups is 2. The summed E-state index contributed by atoms with van der Waals surface area (Å²) in [5, 5.41) is 3.51. The highest BCUT2D eigenvalue weighted by molar-refractivity contribution is 6.42. The lowest BCUT2D eigenvalue weighted by molar-refractivity contribution is -0.127. The molecule has 1 atom stereocenters. The van der Waals surface area contributed by atoms with Crippen molar-refractivity contribution in [1.82, 2.24) is 10.2 Å². The van der Waals surface area contributed by atoms with Gasteiger partial charge in [0.05, 0.1) is 23.3 Å². The summed E-state index contributed by atoms with van der Waals surface area (Å²) in [6.07, 6.45) is 4.47. The van der Waals surface area contributed by atoms with E-state index in [0.717, 1.165) is 32.1 Å². The van der Waals surface area contributed by atoms with Crippen molar-refractivity contribution in [2.75, 3.05) is 26.9 Å². The molecule has 1 spiro atoms. The molecule has 1 heterocycles. The van der Waals surface area contributed by atoms with Crippen LogP contribution >= 0.6 is 23.2 Å². The third kappa shape index (κ3) is 4.24. The minimum atomic E-state index is -0.731. The number of methoxy groups -OCH3 is 1. The van der Waals surface area contributed by atoms with Gasteiger partial charge in [0.15, 0.2) is 0 Å². The summed E-state index contributed by atoms with van der Waals surface area (Å²) in [6, 6.07) is 4.09. The van der Waals surface area contributed by atoms with E-state index >= 15 is 0 Å². The number of carbonyl (C=O) groups excluding carboxylic acids is 2. The first-order valence-corrected chi connectivity index (χ1v) is 9.93. The molecule has 0 radical (unpaired) electrons. The Morgan fingerprint density at radius 1 is 1.26 bits per heavy atom. The molecule has 1 aromatic carbocycles. The van der Waals surface area contributed by atoms with E-state index in [-0.39, 0.29) is 18.4 Å². The van der Waals surface area contributed by atoms with Crippen molar-refractivity contribution in [2.45, 2.75) is 43.9 Å². The highest BCUT2D eigenvalue weighted by Crippen LogP contribution is 2.41. The first-order chi connectivity index (χ1) is 13.0. The first-order valence-electron chi connectivity index (χ1n) is 9.18. The van der Waals surface area contributed by atoms with Crippen molar-refractivity contribution in [3.63, 3.8) is 0 Å². The van der Waals surface area contributed by atoms with Crippen LogP contribution in [0.15, 0.2) is 18.2 Å². The van der Waals surface area contributed by atoms with Gasteiger partial charge in [0.2, 0.25) is 5.91 Å². The average molecular weight is 415 g/mol. The highest BCUT2D eigenvalue weighted by atomic mass is 35.5. The molecule has 0 unspecified atom stereocenters. The summed E-state index contributed by atoms with van der Waals surface area (Å²) in [5.41, 5.74) is -0.334. The SMILES string of the molecule is COCCNC(=O)[C@H]1COC2(CCCCC2)N1C(=O)c1ccc(Cl)c(Cl)c1. The number of nitrogens with zero attached hydrogens (tertiary/aromatic N) is 1. The molecule has 2 amide bonds. The predicted molar refractivity (Wildman–Crippen MR) is 103 cm³/mol. The van der Waals surface area contributed by atoms with Crippen LogP contribution < -0.4 is 5.32 Å². The summed E-state index contributed by atoms with van der Waals surface area (Å²) in [4.78, 5) is 27.7. The standard InChI is InChI=1S/C19H24Cl2N2O4/c1-26-10-9-22-17(24)16-12-27-19(7-3-2-4-8-19)23(16)18(25)13-5-6-14(20)15(21)11-13/h5-6,11,16H,2-4,7-10,12H2,1H3,(H,22,24)/t16-/m1/s1. The Hall–Kier alpha value is -1.34. The summed E-state index contributed by atoms with van der Waals surface area (Å²) in [6.45, 7) is 0.977. The van der Waals surface area contributed by atoms with Gasteiger partial charge in [-0.15, -0.1) is 0 Å². The molecule has 1 aromatic rings. The zero-order chi connectivity index (χ0) is 19.4. The van der Waals surface area contributed by atoms with Gasteiger partial charge < -0.3 is 14.8 Å². The third-order valence-electron chi connectivity index (χ3n) is 5.19. The fourth-order valence-electron chi connectivity index (χ4n) is 3.83. The lowest BCUT2D eigenvalue weighted by Gasteiger charge is -2.41. The molecular formula is C19H24Cl2N2O4. The number of benzene rings is 1. The Bertz CT molecular complexity index is 707. The van der Waals surface area contributed by atoms with Crippen LogP contribution in [0.25, 0.3) is 0 Å². The zero-order valence-corrected chi connectivity index (χ0v) is 16.8. The molecule has 8 heteroatoms. The van der Waals surface area contributed by atoms with Crippen molar-refractivity contribution in [3.05, 3.63) is 33.8 Å². The van der Waals surface area contributed by atoms with Gasteiger partial charge in [0, 0.05) is 19.2 Å². The number of nitrogens with one attached hydrogen (secondary N) is 1. The zero-order valence-electron chi connectivity index (χ0n) is 15.3. The molecular weight excluding hydrogens is 391 g/mol. The Morgan fingerprint density at radius 2 is 2.00 bits per heavy atom. The maximum atomic E-state index is 13.4. The van der Waals surface area contributed by atoms with Gasteiger partial charge >= 0.3 is 0 Å². The Kier molecular flexibility index (Phi) is 6.63. The van der Waals surface area contributed by atoms with Crippen LogP contribution in [0.2, 0.25) is 10.0 Å². The number of rotatable bonds is 5. The molecule has 27 heavy (non-hydrogen) atoms. The smallest absolute Gasteiger partial charge is 0.256 e. The molecule has 2 aliphatic rings. The Labute approximate surface area is 169 Å². The molecule has 1 aliphatic carbocycles. The van der Waals surface area contributed by atoms with Crippen LogP contribution in [0.4, 0.5) is 0 Å². The van der Waals surface area contributed by atoms with Crippen molar-refractivity contribution in [3.8, 4) is 0 Å². The van der Waals surface area contributed by atoms with E-state index in [1.54, 1.807) is 30.2 Å². The van der Waals surface area contributed by atoms with E-state index in [0.29, 0.717) is 28.8 Å². The first kappa shape index (κ1) is 20.4. The van der Waals surface area contributed by atoms with Gasteiger partial charge in [-0.2, -0.15) is 0 Å². The number of halogens is 2. The summed E-state index contributed by atoms with van der Waals surface area (Å²) >= 11 is 12.1. The summed E-state index contributed by atoms with van der Waals surface area (Å²) in [7, 11) is 1.57. The molecule has 1 aliphatic heterocycles. The minimum absolute atomic E-state index is 0.186. The van der Waals surface area contributed by atoms with Crippen LogP contribution in [-0.4, -0.2) is 55.3 Å². The van der Waals surface area contributed by atoms with Crippen LogP contribution in [0.3, 0.4) is 0 Å². The summed E-state index contributed by atoms with van der Waals surface area (Å²) < 4.78 is 11.1. The molecule has 1 saturated heterocycles. The molecule has 1 N–H and O–H groups in total. The average Bonchev–Trinajstić information content (AvgIpc) is 3.02. The van der Waals surface area contributed by atoms with Gasteiger partial charge in [0.1, 0.15) is 11.8 Å². The Balaban J connectivity index is 1.88. The molecule has 0 bridgehead atoms. The van der Waals surface area contributed by atoms with E-state index in [9.17, 15) is 9.59 Å². The van der Waals surface area contributed by atoms with Crippen molar-refractivity contribution >= 4 is 35.0 Å². The fraction of sp³-hybridized carbons (Fsp3) is 0.579. The van der Waals surface area contributed by atoms with E-state index in [2.05, 4.69) is 5.32 Å². The number of hydrogen-bond donors (Lipinski definition) is 1. The lowest BCUT2D eigenvalue weighted by Crippen LogP contribution is -2.56. The second kappa shape index (κ2) is 8.78. The van der Waals surface area contributed by atoms with Gasteiger partial charge in [-0.25, -0.2) is 0 Å². The molecule has 3 rings (SSSR count). The third-order valence-corrected chi connectivity index (χ3v) is 5.93. The molecule has 148 valence electrons. The topological polar surface area (TPSA) is 67.9 Å². The van der Waals surface area contributed by atoms with Crippen LogP contribution in [0.1, 0.15) is 42.5 Å². The summed E-state index contributed by atoms with van der Waals surface area (Å²) in [5.74, 6) is -0.497. The fourth-order valence-corrected chi connectivity index (χ4v) is 4.13. The second-order valence-corrected chi connectivity index (χ2v) is 7.74. The number of ether oxygens (including phenoxy) is 2. The van der Waals surface area contributed by atoms with E-state index < -0.39 is 11.8 Å². The van der Waals surface area contributed by atoms with Crippen molar-refractivity contribution < 1.29 is 19.1 Å².